The average Bonchev–Trinajstić information content (AvgIpc) is 1.84. The summed E-state index contributed by atoms with van der Waals surface area (Å²) in [6, 6.07) is 0. The van der Waals surface area contributed by atoms with Gasteiger partial charge >= 0.3 is 0 Å². The smallest absolute Gasteiger partial charge is 0.208 e. The fourth-order valence-electron chi connectivity index (χ4n) is 0.428. The van der Waals surface area contributed by atoms with E-state index in [1.165, 1.54) is 0 Å². The van der Waals surface area contributed by atoms with E-state index in [-0.39, 0.29) is 16.0 Å². The molecule has 0 heterocycles. The van der Waals surface area contributed by atoms with Gasteiger partial charge in [0.2, 0.25) is 9.02 Å². The first kappa shape index (κ1) is 7.75. The number of carbonyl (C=O) groups excluding carboxylic acids is 1. The van der Waals surface area contributed by atoms with Crippen molar-refractivity contribution in [1.29, 1.82) is 0 Å². The molecule has 0 unspecified atom stereocenters. The third-order valence-corrected chi connectivity index (χ3v) is 3.20. The lowest BCUT2D eigenvalue weighted by molar-refractivity contribution is -0.116. The van der Waals surface area contributed by atoms with E-state index in [2.05, 4.69) is 47.8 Å². The predicted molar refractivity (Wildman–Crippen MR) is 44.2 cm³/mol. The van der Waals surface area contributed by atoms with Crippen LogP contribution in [0.5, 0.6) is 0 Å². The first-order chi connectivity index (χ1) is 3.98. The molecule has 0 aromatic carbocycles. The zero-order valence-corrected chi connectivity index (χ0v) is 8.75. The Balaban J connectivity index is 3.06. The molecule has 0 radical (unpaired) electrons. The van der Waals surface area contributed by atoms with Gasteiger partial charge in [-0.25, -0.2) is 0 Å². The third-order valence-electron chi connectivity index (χ3n) is 0.990. The normalized spacial score (nSPS) is 24.1. The van der Waals surface area contributed by atoms with E-state index in [0.29, 0.717) is 0 Å². The van der Waals surface area contributed by atoms with E-state index < -0.39 is 3.23 Å². The van der Waals surface area contributed by atoms with Gasteiger partial charge in [0.25, 0.3) is 0 Å². The molecule has 9 heavy (non-hydrogen) atoms. The summed E-state index contributed by atoms with van der Waals surface area (Å²) in [6.45, 7) is 0. The summed E-state index contributed by atoms with van der Waals surface area (Å²) in [5, 5.41) is 8.93. The van der Waals surface area contributed by atoms with Gasteiger partial charge in [0.1, 0.15) is 10.2 Å². The Morgan fingerprint density at radius 1 is 1.44 bits per heavy atom. The Morgan fingerprint density at radius 3 is 2.00 bits per heavy atom. The van der Waals surface area contributed by atoms with Crippen molar-refractivity contribution < 1.29 is 9.90 Å². The van der Waals surface area contributed by atoms with E-state index in [0.717, 1.165) is 0 Å². The first-order valence-corrected chi connectivity index (χ1v) is 4.37. The molecule has 50 valence electrons. The van der Waals surface area contributed by atoms with E-state index in [1.54, 1.807) is 0 Å². The number of hydrogen-bond acceptors (Lipinski definition) is 2. The Bertz CT molecular complexity index is 206. The van der Waals surface area contributed by atoms with Crippen LogP contribution >= 0.6 is 47.8 Å². The molecule has 5 heteroatoms. The summed E-state index contributed by atoms with van der Waals surface area (Å²) in [7, 11) is 0. The Kier molecular flexibility index (Phi) is 1.78. The summed E-state index contributed by atoms with van der Waals surface area (Å²) in [4.78, 5) is 10.7. The monoisotopic (exact) mass is 318 g/mol. The molecule has 1 N–H and O–H groups in total. The van der Waals surface area contributed by atoms with Gasteiger partial charge in [0.05, 0.1) is 0 Å². The summed E-state index contributed by atoms with van der Waals surface area (Å²) in [5.41, 5.74) is 0. The van der Waals surface area contributed by atoms with Gasteiger partial charge in [-0.15, -0.1) is 0 Å². The van der Waals surface area contributed by atoms with Crippen molar-refractivity contribution in [2.45, 2.75) is 3.23 Å². The van der Waals surface area contributed by atoms with Crippen LogP contribution in [0.2, 0.25) is 0 Å². The quantitative estimate of drug-likeness (QED) is 0.695. The topological polar surface area (TPSA) is 37.3 Å². The summed E-state index contributed by atoms with van der Waals surface area (Å²) in [6.07, 6.45) is 0. The predicted octanol–water partition coefficient (Wildman–Crippen LogP) is 2.22. The second kappa shape index (κ2) is 2.07. The van der Waals surface area contributed by atoms with Crippen LogP contribution in [0.4, 0.5) is 0 Å². The number of aliphatic hydroxyl groups is 1. The maximum atomic E-state index is 10.7. The van der Waals surface area contributed by atoms with E-state index in [9.17, 15) is 4.79 Å². The van der Waals surface area contributed by atoms with Crippen LogP contribution in [-0.2, 0) is 4.79 Å². The Morgan fingerprint density at radius 2 is 1.89 bits per heavy atom. The molecule has 0 saturated heterocycles. The number of Topliss-reactive ketones (excluding diaryl/α,β-unsaturated/α-hetero) is 1. The van der Waals surface area contributed by atoms with E-state index >= 15 is 0 Å². The molecule has 0 aromatic heterocycles. The number of carbonyl (C=O) groups is 1. The highest BCUT2D eigenvalue weighted by atomic mass is 79.9. The van der Waals surface area contributed by atoms with Crippen LogP contribution in [0.25, 0.3) is 0 Å². The lowest BCUT2D eigenvalue weighted by Gasteiger charge is -2.27. The van der Waals surface area contributed by atoms with Gasteiger partial charge in [-0.1, -0.05) is 31.9 Å². The van der Waals surface area contributed by atoms with Crippen molar-refractivity contribution >= 4 is 53.6 Å². The fourth-order valence-corrected chi connectivity index (χ4v) is 2.88. The minimum absolute atomic E-state index is 0.00694. The standard InChI is InChI=1S/C4HBr3O2/c5-1-2(8)4(6,7)3(1)9/h8H. The highest BCUT2D eigenvalue weighted by molar-refractivity contribution is 9.26. The second-order valence-corrected chi connectivity index (χ2v) is 5.80. The van der Waals surface area contributed by atoms with E-state index in [4.69, 9.17) is 5.11 Å². The molecule has 1 aliphatic rings. The minimum atomic E-state index is -1.02. The summed E-state index contributed by atoms with van der Waals surface area (Å²) in [5.74, 6) is -0.201. The average molecular weight is 321 g/mol. The number of rotatable bonds is 0. The lowest BCUT2D eigenvalue weighted by atomic mass is 10.1. The van der Waals surface area contributed by atoms with Crippen molar-refractivity contribution in [2.24, 2.45) is 0 Å². The van der Waals surface area contributed by atoms with Crippen molar-refractivity contribution in [3.8, 4) is 0 Å². The van der Waals surface area contributed by atoms with Crippen LogP contribution in [0.3, 0.4) is 0 Å². The third kappa shape index (κ3) is 0.897. The first-order valence-electron chi connectivity index (χ1n) is 1.99. The van der Waals surface area contributed by atoms with Crippen molar-refractivity contribution in [1.82, 2.24) is 0 Å². The van der Waals surface area contributed by atoms with E-state index in [1.807, 2.05) is 0 Å². The zero-order valence-electron chi connectivity index (χ0n) is 3.99. The van der Waals surface area contributed by atoms with Crippen LogP contribution < -0.4 is 0 Å². The minimum Gasteiger partial charge on any atom is -0.508 e. The number of aliphatic hydroxyl groups excluding tert-OH is 1. The molecule has 0 aromatic rings. The van der Waals surface area contributed by atoms with Crippen LogP contribution in [0.15, 0.2) is 10.2 Å². The zero-order chi connectivity index (χ0) is 7.23. The Labute approximate surface area is 76.7 Å². The lowest BCUT2D eigenvalue weighted by Crippen LogP contribution is -2.38. The van der Waals surface area contributed by atoms with Crippen LogP contribution in [0.1, 0.15) is 0 Å². The fraction of sp³-hybridized carbons (Fsp3) is 0.250. The van der Waals surface area contributed by atoms with Crippen LogP contribution in [-0.4, -0.2) is 14.1 Å². The van der Waals surface area contributed by atoms with Gasteiger partial charge in [0.15, 0.2) is 0 Å². The molecular weight excluding hydrogens is 320 g/mol. The van der Waals surface area contributed by atoms with Gasteiger partial charge < -0.3 is 5.11 Å². The van der Waals surface area contributed by atoms with Crippen LogP contribution in [0, 0.1) is 0 Å². The second-order valence-electron chi connectivity index (χ2n) is 1.57. The number of hydrogen-bond donors (Lipinski definition) is 1. The van der Waals surface area contributed by atoms with Gasteiger partial charge in [-0.2, -0.15) is 0 Å². The van der Waals surface area contributed by atoms with Crippen molar-refractivity contribution in [3.63, 3.8) is 0 Å². The molecule has 1 aliphatic carbocycles. The molecule has 0 amide bonds. The van der Waals surface area contributed by atoms with Crippen molar-refractivity contribution in [3.05, 3.63) is 10.2 Å². The molecule has 1 rings (SSSR count). The molecule has 2 nitrogen and oxygen atoms in total. The number of allylic oxidation sites excluding steroid dienone is 2. The molecule has 0 aliphatic heterocycles. The van der Waals surface area contributed by atoms with Gasteiger partial charge in [-0.3, -0.25) is 4.79 Å². The summed E-state index contributed by atoms with van der Waals surface area (Å²) >= 11 is 8.82. The number of ketones is 1. The summed E-state index contributed by atoms with van der Waals surface area (Å²) < 4.78 is -0.782. The maximum Gasteiger partial charge on any atom is 0.208 e. The molecule has 0 atom stereocenters. The van der Waals surface area contributed by atoms with Crippen molar-refractivity contribution in [2.75, 3.05) is 0 Å². The molecule has 0 bridgehead atoms. The largest absolute Gasteiger partial charge is 0.508 e. The molecule has 0 spiro atoms. The molecular formula is C4HBr3O2. The van der Waals surface area contributed by atoms with Gasteiger partial charge in [-0.05, 0) is 15.9 Å². The Hall–Kier alpha value is 0.650. The maximum absolute atomic E-state index is 10.7. The highest BCUT2D eigenvalue weighted by Crippen LogP contribution is 2.47. The number of halogens is 3. The molecule has 0 fully saturated rings. The SMILES string of the molecule is O=C1C(Br)=C(O)C1(Br)Br. The highest BCUT2D eigenvalue weighted by Gasteiger charge is 2.50. The van der Waals surface area contributed by atoms with Gasteiger partial charge in [0, 0.05) is 0 Å². The molecule has 0 saturated carbocycles. The number of alkyl halides is 2.